The third-order valence-electron chi connectivity index (χ3n) is 4.58. The Bertz CT molecular complexity index is 857. The van der Waals surface area contributed by atoms with Gasteiger partial charge in [-0.15, -0.1) is 0 Å². The van der Waals surface area contributed by atoms with E-state index in [0.29, 0.717) is 5.56 Å². The maximum absolute atomic E-state index is 12.9. The first-order valence-corrected chi connectivity index (χ1v) is 10.6. The summed E-state index contributed by atoms with van der Waals surface area (Å²) in [6.45, 7) is 5.47. The predicted octanol–water partition coefficient (Wildman–Crippen LogP) is 1.05. The van der Waals surface area contributed by atoms with Crippen LogP contribution in [0.4, 0.5) is 0 Å². The molecule has 0 N–H and O–H groups in total. The highest BCUT2D eigenvalue weighted by Gasteiger charge is 2.31. The predicted molar refractivity (Wildman–Crippen MR) is 102 cm³/mol. The number of hydrogen-bond acceptors (Lipinski definition) is 6. The first-order valence-electron chi connectivity index (χ1n) is 9.11. The second kappa shape index (κ2) is 9.29. The van der Waals surface area contributed by atoms with Crippen molar-refractivity contribution in [1.29, 1.82) is 0 Å². The summed E-state index contributed by atoms with van der Waals surface area (Å²) < 4.78 is 32.0. The standard InChI is InChI=1S/C19H26N2O6S/c1-14-4-6-17(15(2)12-14)28(25,26)21-10-8-20(9-11-21)18(23)13-27-19(24)7-5-16(3)22/h4,6,12H,5,7-11,13H2,1-3H3. The lowest BCUT2D eigenvalue weighted by molar-refractivity contribution is -0.152. The van der Waals surface area contributed by atoms with Crippen molar-refractivity contribution in [2.24, 2.45) is 0 Å². The fraction of sp³-hybridized carbons (Fsp3) is 0.526. The molecule has 1 aliphatic rings. The van der Waals surface area contributed by atoms with Gasteiger partial charge in [-0.3, -0.25) is 9.59 Å². The van der Waals surface area contributed by atoms with Gasteiger partial charge in [0.15, 0.2) is 6.61 Å². The normalized spacial score (nSPS) is 15.3. The van der Waals surface area contributed by atoms with Gasteiger partial charge >= 0.3 is 5.97 Å². The first kappa shape index (κ1) is 22.0. The van der Waals surface area contributed by atoms with Crippen LogP contribution in [0.3, 0.4) is 0 Å². The third kappa shape index (κ3) is 5.62. The zero-order valence-corrected chi connectivity index (χ0v) is 17.3. The van der Waals surface area contributed by atoms with Crippen LogP contribution in [-0.4, -0.2) is 68.1 Å². The van der Waals surface area contributed by atoms with Crippen LogP contribution in [0.1, 0.15) is 30.9 Å². The molecular formula is C19H26N2O6S. The second-order valence-electron chi connectivity index (χ2n) is 6.92. The van der Waals surface area contributed by atoms with E-state index in [2.05, 4.69) is 0 Å². The lowest BCUT2D eigenvalue weighted by Gasteiger charge is -2.34. The molecule has 1 saturated heterocycles. The van der Waals surface area contributed by atoms with Crippen LogP contribution < -0.4 is 0 Å². The molecular weight excluding hydrogens is 384 g/mol. The average Bonchev–Trinajstić information content (AvgIpc) is 2.64. The zero-order chi connectivity index (χ0) is 20.9. The van der Waals surface area contributed by atoms with E-state index in [1.54, 1.807) is 19.1 Å². The van der Waals surface area contributed by atoms with Crippen LogP contribution in [-0.2, 0) is 29.1 Å². The van der Waals surface area contributed by atoms with Gasteiger partial charge in [-0.2, -0.15) is 4.31 Å². The summed E-state index contributed by atoms with van der Waals surface area (Å²) in [6, 6.07) is 5.20. The number of carbonyl (C=O) groups is 3. The third-order valence-corrected chi connectivity index (χ3v) is 6.64. The SMILES string of the molecule is CC(=O)CCC(=O)OCC(=O)N1CCN(S(=O)(=O)c2ccc(C)cc2C)CC1. The number of piperazine rings is 1. The van der Waals surface area contributed by atoms with Gasteiger partial charge in [-0.05, 0) is 32.4 Å². The van der Waals surface area contributed by atoms with Gasteiger partial charge < -0.3 is 14.4 Å². The van der Waals surface area contributed by atoms with E-state index in [4.69, 9.17) is 4.74 Å². The molecule has 0 radical (unpaired) electrons. The number of ketones is 1. The van der Waals surface area contributed by atoms with Crippen LogP contribution in [0.15, 0.2) is 23.1 Å². The number of Topliss-reactive ketones (excluding diaryl/α,β-unsaturated/α-hetero) is 1. The fourth-order valence-electron chi connectivity index (χ4n) is 2.99. The van der Waals surface area contributed by atoms with Gasteiger partial charge in [0, 0.05) is 32.6 Å². The average molecular weight is 410 g/mol. The van der Waals surface area contributed by atoms with Gasteiger partial charge in [-0.1, -0.05) is 17.7 Å². The molecule has 1 heterocycles. The minimum absolute atomic E-state index is 0.0511. The smallest absolute Gasteiger partial charge is 0.306 e. The van der Waals surface area contributed by atoms with Crippen molar-refractivity contribution in [2.45, 2.75) is 38.5 Å². The molecule has 0 bridgehead atoms. The summed E-state index contributed by atoms with van der Waals surface area (Å²) in [5, 5.41) is 0. The van der Waals surface area contributed by atoms with Crippen molar-refractivity contribution in [2.75, 3.05) is 32.8 Å². The maximum Gasteiger partial charge on any atom is 0.306 e. The number of sulfonamides is 1. The molecule has 2 rings (SSSR count). The molecule has 0 atom stereocenters. The van der Waals surface area contributed by atoms with Gasteiger partial charge in [0.2, 0.25) is 10.0 Å². The Kier molecular flexibility index (Phi) is 7.31. The van der Waals surface area contributed by atoms with E-state index in [1.807, 2.05) is 13.0 Å². The molecule has 0 unspecified atom stereocenters. The Hall–Kier alpha value is -2.26. The van der Waals surface area contributed by atoms with Gasteiger partial charge in [0.25, 0.3) is 5.91 Å². The Morgan fingerprint density at radius 3 is 2.25 bits per heavy atom. The quantitative estimate of drug-likeness (QED) is 0.623. The maximum atomic E-state index is 12.9. The number of amides is 1. The Labute approximate surface area is 165 Å². The second-order valence-corrected chi connectivity index (χ2v) is 8.82. The number of carbonyl (C=O) groups excluding carboxylic acids is 3. The molecule has 1 aromatic rings. The lowest BCUT2D eigenvalue weighted by atomic mass is 10.2. The summed E-state index contributed by atoms with van der Waals surface area (Å²) in [6.07, 6.45) is 0.0342. The molecule has 0 aliphatic carbocycles. The summed E-state index contributed by atoms with van der Waals surface area (Å²) in [5.41, 5.74) is 1.68. The van der Waals surface area contributed by atoms with Crippen LogP contribution in [0.2, 0.25) is 0 Å². The Balaban J connectivity index is 1.88. The molecule has 1 fully saturated rings. The first-order chi connectivity index (χ1) is 13.1. The van der Waals surface area contributed by atoms with Crippen molar-refractivity contribution >= 4 is 27.7 Å². The Morgan fingerprint density at radius 1 is 1.04 bits per heavy atom. The highest BCUT2D eigenvalue weighted by Crippen LogP contribution is 2.22. The van der Waals surface area contributed by atoms with Crippen LogP contribution in [0, 0.1) is 13.8 Å². The molecule has 1 amide bonds. The molecule has 0 saturated carbocycles. The lowest BCUT2D eigenvalue weighted by Crippen LogP contribution is -2.51. The van der Waals surface area contributed by atoms with Gasteiger partial charge in [0.05, 0.1) is 11.3 Å². The zero-order valence-electron chi connectivity index (χ0n) is 16.4. The molecule has 0 aromatic heterocycles. The van der Waals surface area contributed by atoms with Crippen molar-refractivity contribution < 1.29 is 27.5 Å². The highest BCUT2D eigenvalue weighted by atomic mass is 32.2. The van der Waals surface area contributed by atoms with Gasteiger partial charge in [0.1, 0.15) is 5.78 Å². The molecule has 154 valence electrons. The topological polar surface area (TPSA) is 101 Å². The molecule has 1 aromatic carbocycles. The summed E-state index contributed by atoms with van der Waals surface area (Å²) in [7, 11) is -3.62. The van der Waals surface area contributed by atoms with E-state index in [9.17, 15) is 22.8 Å². The summed E-state index contributed by atoms with van der Waals surface area (Å²) >= 11 is 0. The van der Waals surface area contributed by atoms with E-state index < -0.39 is 22.6 Å². The molecule has 8 nitrogen and oxygen atoms in total. The fourth-order valence-corrected chi connectivity index (χ4v) is 4.62. The number of benzene rings is 1. The van der Waals surface area contributed by atoms with Gasteiger partial charge in [-0.25, -0.2) is 8.42 Å². The molecule has 28 heavy (non-hydrogen) atoms. The Morgan fingerprint density at radius 2 is 1.68 bits per heavy atom. The number of nitrogens with zero attached hydrogens (tertiary/aromatic N) is 2. The largest absolute Gasteiger partial charge is 0.456 e. The number of esters is 1. The highest BCUT2D eigenvalue weighted by molar-refractivity contribution is 7.89. The monoisotopic (exact) mass is 410 g/mol. The van der Waals surface area contributed by atoms with Crippen molar-refractivity contribution in [3.8, 4) is 0 Å². The summed E-state index contributed by atoms with van der Waals surface area (Å²) in [4.78, 5) is 36.3. The van der Waals surface area contributed by atoms with E-state index >= 15 is 0 Å². The minimum Gasteiger partial charge on any atom is -0.456 e. The van der Waals surface area contributed by atoms with Crippen LogP contribution in [0.25, 0.3) is 0 Å². The minimum atomic E-state index is -3.62. The van der Waals surface area contributed by atoms with Crippen molar-refractivity contribution in [1.82, 2.24) is 9.21 Å². The number of aryl methyl sites for hydroxylation is 2. The summed E-state index contributed by atoms with van der Waals surface area (Å²) in [5.74, 6) is -1.09. The molecule has 1 aliphatic heterocycles. The van der Waals surface area contributed by atoms with Crippen LogP contribution >= 0.6 is 0 Å². The van der Waals surface area contributed by atoms with Crippen molar-refractivity contribution in [3.05, 3.63) is 29.3 Å². The molecule has 0 spiro atoms. The van der Waals surface area contributed by atoms with Crippen LogP contribution in [0.5, 0.6) is 0 Å². The number of hydrogen-bond donors (Lipinski definition) is 0. The van der Waals surface area contributed by atoms with Crippen molar-refractivity contribution in [3.63, 3.8) is 0 Å². The number of rotatable bonds is 7. The van der Waals surface area contributed by atoms with E-state index in [1.165, 1.54) is 16.1 Å². The molecule has 9 heteroatoms. The van der Waals surface area contributed by atoms with E-state index in [-0.39, 0.29) is 55.6 Å². The van der Waals surface area contributed by atoms with E-state index in [0.717, 1.165) is 5.56 Å². The number of ether oxygens (including phenoxy) is 1.